The third-order valence-corrected chi connectivity index (χ3v) is 5.27. The maximum Gasteiger partial charge on any atom is 0.408 e. The van der Waals surface area contributed by atoms with Crippen LogP contribution in [0.15, 0.2) is 45.3 Å². The molecule has 0 saturated heterocycles. The molecule has 30 heavy (non-hydrogen) atoms. The van der Waals surface area contributed by atoms with Crippen molar-refractivity contribution in [1.29, 1.82) is 0 Å². The van der Waals surface area contributed by atoms with Crippen molar-refractivity contribution >= 4 is 29.3 Å². The number of amides is 1. The smallest absolute Gasteiger partial charge is 0.408 e. The van der Waals surface area contributed by atoms with Crippen LogP contribution in [-0.2, 0) is 0 Å². The second-order valence-electron chi connectivity index (χ2n) is 6.54. The first-order valence-electron chi connectivity index (χ1n) is 9.11. The van der Waals surface area contributed by atoms with Crippen molar-refractivity contribution in [3.05, 3.63) is 62.7 Å². The topological polar surface area (TPSA) is 126 Å². The lowest BCUT2D eigenvalue weighted by atomic mass is 10.00. The molecule has 2 aromatic heterocycles. The molecule has 1 unspecified atom stereocenters. The molecule has 0 aromatic carbocycles. The Morgan fingerprint density at radius 1 is 1.37 bits per heavy atom. The molecule has 2 heterocycles. The number of Topliss-reactive ketones (excluding diaryl/α,β-unsaturated/α-hetero) is 1. The lowest BCUT2D eigenvalue weighted by Crippen LogP contribution is -2.16. The van der Waals surface area contributed by atoms with E-state index >= 15 is 0 Å². The number of carboxylic acid groups (broad SMARTS) is 1. The van der Waals surface area contributed by atoms with Gasteiger partial charge in [-0.15, -0.1) is 0 Å². The van der Waals surface area contributed by atoms with Crippen LogP contribution in [0.4, 0.5) is 4.79 Å². The van der Waals surface area contributed by atoms with E-state index in [1.807, 2.05) is 0 Å². The largest absolute Gasteiger partial charge is 0.507 e. The number of methoxy groups -OCH3 is 1. The number of aromatic hydroxyl groups is 1. The lowest BCUT2D eigenvalue weighted by molar-refractivity contribution is 0.102. The van der Waals surface area contributed by atoms with Gasteiger partial charge in [-0.25, -0.2) is 9.59 Å². The third kappa shape index (κ3) is 6.08. The van der Waals surface area contributed by atoms with Crippen molar-refractivity contribution in [3.8, 4) is 10.8 Å². The third-order valence-electron chi connectivity index (χ3n) is 4.27. The summed E-state index contributed by atoms with van der Waals surface area (Å²) < 4.78 is 10.4. The van der Waals surface area contributed by atoms with Crippen molar-refractivity contribution in [2.24, 2.45) is 0 Å². The fourth-order valence-corrected chi connectivity index (χ4v) is 3.47. The number of thiophene rings is 1. The van der Waals surface area contributed by atoms with Crippen LogP contribution in [0.2, 0.25) is 0 Å². The van der Waals surface area contributed by atoms with Crippen LogP contribution in [0.1, 0.15) is 53.6 Å². The molecule has 160 valence electrons. The number of hydrogen-bond acceptors (Lipinski definition) is 7. The van der Waals surface area contributed by atoms with E-state index in [0.717, 1.165) is 4.88 Å². The maximum absolute atomic E-state index is 12.7. The Bertz CT molecular complexity index is 1030. The molecule has 0 saturated carbocycles. The van der Waals surface area contributed by atoms with E-state index in [4.69, 9.17) is 14.3 Å². The predicted molar refractivity (Wildman–Crippen MR) is 113 cm³/mol. The molecule has 0 bridgehead atoms. The van der Waals surface area contributed by atoms with Gasteiger partial charge in [-0.05, 0) is 43.5 Å². The van der Waals surface area contributed by atoms with Crippen LogP contribution in [0.3, 0.4) is 0 Å². The molecule has 1 amide bonds. The van der Waals surface area contributed by atoms with E-state index in [-0.39, 0.29) is 17.3 Å². The van der Waals surface area contributed by atoms with Crippen LogP contribution in [0.5, 0.6) is 10.8 Å². The predicted octanol–water partition coefficient (Wildman–Crippen LogP) is 4.37. The van der Waals surface area contributed by atoms with Gasteiger partial charge in [0, 0.05) is 23.1 Å². The Labute approximate surface area is 177 Å². The van der Waals surface area contributed by atoms with Gasteiger partial charge in [-0.1, -0.05) is 24.3 Å². The van der Waals surface area contributed by atoms with Crippen molar-refractivity contribution in [3.63, 3.8) is 0 Å². The van der Waals surface area contributed by atoms with Gasteiger partial charge in [-0.3, -0.25) is 10.1 Å². The van der Waals surface area contributed by atoms with Crippen LogP contribution >= 0.6 is 11.3 Å². The minimum absolute atomic E-state index is 0.225. The monoisotopic (exact) mass is 433 g/mol. The van der Waals surface area contributed by atoms with Gasteiger partial charge >= 0.3 is 11.7 Å². The fourth-order valence-electron chi connectivity index (χ4n) is 2.65. The molecule has 0 aliphatic carbocycles. The summed E-state index contributed by atoms with van der Waals surface area (Å²) in [7, 11) is 1.55. The quantitative estimate of drug-likeness (QED) is 0.396. The van der Waals surface area contributed by atoms with E-state index in [2.05, 4.69) is 5.32 Å². The summed E-state index contributed by atoms with van der Waals surface area (Å²) >= 11 is 1.34. The molecular weight excluding hydrogens is 410 g/mol. The number of hydrogen-bond donors (Lipinski definition) is 3. The number of carbonyl (C=O) groups excluding carboxylic acids is 1. The first-order chi connectivity index (χ1) is 14.2. The highest BCUT2D eigenvalue weighted by atomic mass is 32.1. The van der Waals surface area contributed by atoms with Gasteiger partial charge in [0.2, 0.25) is 0 Å². The number of rotatable bonds is 9. The van der Waals surface area contributed by atoms with Gasteiger partial charge in [0.05, 0.1) is 7.11 Å². The number of nitrogens with one attached hydrogen (secondary N) is 1. The highest BCUT2D eigenvalue weighted by Gasteiger charge is 2.22. The summed E-state index contributed by atoms with van der Waals surface area (Å²) in [6, 6.07) is 4.83. The molecule has 1 atom stereocenters. The molecular formula is C21H23NO7S. The minimum atomic E-state index is -1.15. The van der Waals surface area contributed by atoms with E-state index in [1.165, 1.54) is 23.6 Å². The summed E-state index contributed by atoms with van der Waals surface area (Å²) in [5.74, 6) is -1.02. The molecule has 0 aliphatic rings. The minimum Gasteiger partial charge on any atom is -0.507 e. The van der Waals surface area contributed by atoms with Gasteiger partial charge < -0.3 is 19.4 Å². The van der Waals surface area contributed by atoms with Crippen molar-refractivity contribution in [2.75, 3.05) is 7.11 Å². The standard InChI is InChI=1S/C21H23NO7S/c1-12(6-4-5-9-22-21(26)27)16-11-15(23)18(20(25)29-16)19(24)13(2)10-14-7-8-17(28-3)30-14/h5,7-12,22-23H,4,6H2,1-3H3,(H,26,27). The van der Waals surface area contributed by atoms with Gasteiger partial charge in [0.25, 0.3) is 0 Å². The molecule has 0 radical (unpaired) electrons. The van der Waals surface area contributed by atoms with Crippen LogP contribution in [0, 0.1) is 0 Å². The maximum atomic E-state index is 12.7. The molecule has 3 N–H and O–H groups in total. The second kappa shape index (κ2) is 10.4. The van der Waals surface area contributed by atoms with Crippen molar-refractivity contribution < 1.29 is 29.0 Å². The molecule has 0 spiro atoms. The van der Waals surface area contributed by atoms with Gasteiger partial charge in [0.15, 0.2) is 10.8 Å². The fraction of sp³-hybridized carbons (Fsp3) is 0.286. The molecule has 9 heteroatoms. The van der Waals surface area contributed by atoms with Crippen LogP contribution in [0.25, 0.3) is 6.08 Å². The Kier molecular flexibility index (Phi) is 7.99. The van der Waals surface area contributed by atoms with E-state index in [0.29, 0.717) is 17.9 Å². The highest BCUT2D eigenvalue weighted by Crippen LogP contribution is 2.28. The normalized spacial score (nSPS) is 12.7. The Hall–Kier alpha value is -3.33. The molecule has 8 nitrogen and oxygen atoms in total. The zero-order chi connectivity index (χ0) is 22.3. The van der Waals surface area contributed by atoms with E-state index in [1.54, 1.807) is 45.2 Å². The molecule has 2 aromatic rings. The van der Waals surface area contributed by atoms with Gasteiger partial charge in [-0.2, -0.15) is 0 Å². The Morgan fingerprint density at radius 3 is 2.70 bits per heavy atom. The van der Waals surface area contributed by atoms with Crippen molar-refractivity contribution in [1.82, 2.24) is 5.32 Å². The highest BCUT2D eigenvalue weighted by molar-refractivity contribution is 7.14. The first kappa shape index (κ1) is 23.0. The lowest BCUT2D eigenvalue weighted by Gasteiger charge is -2.11. The summed E-state index contributed by atoms with van der Waals surface area (Å²) in [5, 5.41) is 21.6. The van der Waals surface area contributed by atoms with Crippen molar-refractivity contribution in [2.45, 2.75) is 32.6 Å². The van der Waals surface area contributed by atoms with Crippen LogP contribution < -0.4 is 15.7 Å². The average molecular weight is 433 g/mol. The number of ether oxygens (including phenoxy) is 1. The number of carbonyl (C=O) groups is 2. The average Bonchev–Trinajstić information content (AvgIpc) is 3.14. The molecule has 0 fully saturated rings. The SMILES string of the molecule is COc1ccc(C=C(C)C(=O)c2c(O)cc(C(C)CCC=CNC(=O)O)oc2=O)s1. The summed E-state index contributed by atoms with van der Waals surface area (Å²) in [5.41, 5.74) is -1.03. The molecule has 2 rings (SSSR count). The first-order valence-corrected chi connectivity index (χ1v) is 9.92. The zero-order valence-corrected chi connectivity index (χ0v) is 17.6. The second-order valence-corrected chi connectivity index (χ2v) is 7.62. The number of ketones is 1. The number of allylic oxidation sites excluding steroid dienone is 2. The Morgan fingerprint density at radius 2 is 2.10 bits per heavy atom. The molecule has 0 aliphatic heterocycles. The van der Waals surface area contributed by atoms with Gasteiger partial charge in [0.1, 0.15) is 17.1 Å². The van der Waals surface area contributed by atoms with E-state index < -0.39 is 28.8 Å². The summed E-state index contributed by atoms with van der Waals surface area (Å²) in [6.07, 6.45) is 4.48. The Balaban J connectivity index is 2.15. The summed E-state index contributed by atoms with van der Waals surface area (Å²) in [4.78, 5) is 36.2. The van der Waals surface area contributed by atoms with E-state index in [9.17, 15) is 19.5 Å². The summed E-state index contributed by atoms with van der Waals surface area (Å²) in [6.45, 7) is 3.36. The van der Waals surface area contributed by atoms with Crippen LogP contribution in [-0.4, -0.2) is 29.2 Å². The zero-order valence-electron chi connectivity index (χ0n) is 16.8.